The maximum atomic E-state index is 12.3. The van der Waals surface area contributed by atoms with Crippen molar-refractivity contribution < 1.29 is 8.78 Å². The zero-order valence-corrected chi connectivity index (χ0v) is 7.80. The normalized spacial score (nSPS) is 13.3. The molecule has 0 aliphatic rings. The lowest BCUT2D eigenvalue weighted by atomic mass is 10.0. The Labute approximate surface area is 76.8 Å². The van der Waals surface area contributed by atoms with E-state index in [1.54, 1.807) is 12.1 Å². The van der Waals surface area contributed by atoms with Crippen molar-refractivity contribution in [2.75, 3.05) is 0 Å². The minimum absolute atomic E-state index is 0.127. The average molecular weight is 185 g/mol. The van der Waals surface area contributed by atoms with Gasteiger partial charge in [-0.2, -0.15) is 0 Å². The number of nitrogens with zero attached hydrogens (tertiary/aromatic N) is 1. The number of hydrogen-bond donors (Lipinski definition) is 0. The molecule has 0 aromatic carbocycles. The molecule has 3 heteroatoms. The van der Waals surface area contributed by atoms with Crippen molar-refractivity contribution in [3.05, 3.63) is 29.6 Å². The molecule has 1 aromatic heterocycles. The number of pyridine rings is 1. The predicted molar refractivity (Wildman–Crippen MR) is 47.9 cm³/mol. The fourth-order valence-corrected chi connectivity index (χ4v) is 1.07. The van der Waals surface area contributed by atoms with Crippen LogP contribution in [0, 0.1) is 0 Å². The molecule has 1 nitrogen and oxygen atoms in total. The van der Waals surface area contributed by atoms with Crippen molar-refractivity contribution in [2.45, 2.75) is 32.6 Å². The molecule has 0 radical (unpaired) electrons. The Morgan fingerprint density at radius 3 is 2.46 bits per heavy atom. The summed E-state index contributed by atoms with van der Waals surface area (Å²) in [6, 6.07) is 4.78. The highest BCUT2D eigenvalue weighted by Gasteiger charge is 2.11. The van der Waals surface area contributed by atoms with E-state index < -0.39 is 6.43 Å². The summed E-state index contributed by atoms with van der Waals surface area (Å²) < 4.78 is 24.5. The van der Waals surface area contributed by atoms with E-state index in [1.807, 2.05) is 13.8 Å². The van der Waals surface area contributed by atoms with Crippen LogP contribution in [-0.2, 0) is 0 Å². The van der Waals surface area contributed by atoms with E-state index >= 15 is 0 Å². The molecule has 0 amide bonds. The molecule has 13 heavy (non-hydrogen) atoms. The third-order valence-electron chi connectivity index (χ3n) is 2.13. The van der Waals surface area contributed by atoms with Gasteiger partial charge in [0.05, 0.1) is 0 Å². The smallest absolute Gasteiger partial charge is 0.252 e. The first-order chi connectivity index (χ1) is 6.15. The van der Waals surface area contributed by atoms with Gasteiger partial charge in [0.1, 0.15) is 5.69 Å². The van der Waals surface area contributed by atoms with Crippen LogP contribution in [0.3, 0.4) is 0 Å². The van der Waals surface area contributed by atoms with Gasteiger partial charge >= 0.3 is 0 Å². The second-order valence-corrected chi connectivity index (χ2v) is 3.10. The van der Waals surface area contributed by atoms with Crippen LogP contribution >= 0.6 is 0 Å². The number of alkyl halides is 2. The van der Waals surface area contributed by atoms with Gasteiger partial charge in [0.15, 0.2) is 0 Å². The van der Waals surface area contributed by atoms with E-state index in [0.29, 0.717) is 0 Å². The standard InChI is InChI=1S/C10H13F2N/c1-3-7(2)8-5-4-6-9(13-8)10(11)12/h4-7,10H,3H2,1-2H3. The number of rotatable bonds is 3. The Balaban J connectivity index is 2.91. The van der Waals surface area contributed by atoms with Gasteiger partial charge in [-0.3, -0.25) is 4.98 Å². The molecule has 72 valence electrons. The van der Waals surface area contributed by atoms with Gasteiger partial charge in [0.25, 0.3) is 6.43 Å². The van der Waals surface area contributed by atoms with Gasteiger partial charge in [-0.1, -0.05) is 19.9 Å². The minimum Gasteiger partial charge on any atom is -0.252 e. The molecule has 0 saturated carbocycles. The van der Waals surface area contributed by atoms with Crippen molar-refractivity contribution >= 4 is 0 Å². The first-order valence-electron chi connectivity index (χ1n) is 4.40. The van der Waals surface area contributed by atoms with Crippen LogP contribution in [0.4, 0.5) is 8.78 Å². The van der Waals surface area contributed by atoms with E-state index in [1.165, 1.54) is 6.07 Å². The monoisotopic (exact) mass is 185 g/mol. The maximum absolute atomic E-state index is 12.3. The molecule has 1 heterocycles. The average Bonchev–Trinajstić information content (AvgIpc) is 2.17. The first kappa shape index (κ1) is 10.1. The predicted octanol–water partition coefficient (Wildman–Crippen LogP) is 3.53. The topological polar surface area (TPSA) is 12.9 Å². The largest absolute Gasteiger partial charge is 0.280 e. The molecule has 0 spiro atoms. The molecule has 0 aliphatic carbocycles. The van der Waals surface area contributed by atoms with Crippen LogP contribution in [0.25, 0.3) is 0 Å². The Morgan fingerprint density at radius 1 is 1.31 bits per heavy atom. The van der Waals surface area contributed by atoms with Crippen LogP contribution in [-0.4, -0.2) is 4.98 Å². The Kier molecular flexibility index (Phi) is 3.34. The summed E-state index contributed by atoms with van der Waals surface area (Å²) in [6.45, 7) is 4.00. The van der Waals surface area contributed by atoms with Gasteiger partial charge in [0, 0.05) is 5.69 Å². The Bertz CT molecular complexity index is 273. The summed E-state index contributed by atoms with van der Waals surface area (Å²) in [5.41, 5.74) is 0.623. The van der Waals surface area contributed by atoms with Crippen molar-refractivity contribution in [3.63, 3.8) is 0 Å². The quantitative estimate of drug-likeness (QED) is 0.701. The SMILES string of the molecule is CCC(C)c1cccc(C(F)F)n1. The molecule has 0 bridgehead atoms. The third kappa shape index (κ3) is 2.47. The molecule has 1 unspecified atom stereocenters. The highest BCUT2D eigenvalue weighted by Crippen LogP contribution is 2.21. The number of aromatic nitrogens is 1. The summed E-state index contributed by atoms with van der Waals surface area (Å²) in [5.74, 6) is 0.249. The molecule has 1 aromatic rings. The zero-order chi connectivity index (χ0) is 9.84. The van der Waals surface area contributed by atoms with E-state index in [9.17, 15) is 8.78 Å². The molecule has 1 rings (SSSR count). The molecule has 1 atom stereocenters. The second-order valence-electron chi connectivity index (χ2n) is 3.10. The summed E-state index contributed by atoms with van der Waals surface area (Å²) in [7, 11) is 0. The van der Waals surface area contributed by atoms with Gasteiger partial charge < -0.3 is 0 Å². The van der Waals surface area contributed by atoms with E-state index in [0.717, 1.165) is 12.1 Å². The third-order valence-corrected chi connectivity index (χ3v) is 2.13. The lowest BCUT2D eigenvalue weighted by molar-refractivity contribution is 0.145. The molecule has 0 aliphatic heterocycles. The van der Waals surface area contributed by atoms with Crippen molar-refractivity contribution in [3.8, 4) is 0 Å². The van der Waals surface area contributed by atoms with Crippen LogP contribution in [0.1, 0.15) is 44.0 Å². The Hall–Kier alpha value is -0.990. The van der Waals surface area contributed by atoms with Crippen molar-refractivity contribution in [1.82, 2.24) is 4.98 Å². The molecule has 0 fully saturated rings. The highest BCUT2D eigenvalue weighted by atomic mass is 19.3. The van der Waals surface area contributed by atoms with Crippen LogP contribution in [0.5, 0.6) is 0 Å². The fourth-order valence-electron chi connectivity index (χ4n) is 1.07. The van der Waals surface area contributed by atoms with E-state index in [-0.39, 0.29) is 11.6 Å². The molecule has 0 saturated heterocycles. The van der Waals surface area contributed by atoms with Crippen molar-refractivity contribution in [1.29, 1.82) is 0 Å². The van der Waals surface area contributed by atoms with Gasteiger partial charge in [-0.15, -0.1) is 0 Å². The number of hydrogen-bond acceptors (Lipinski definition) is 1. The fraction of sp³-hybridized carbons (Fsp3) is 0.500. The highest BCUT2D eigenvalue weighted by molar-refractivity contribution is 5.14. The lowest BCUT2D eigenvalue weighted by Crippen LogP contribution is -1.99. The van der Waals surface area contributed by atoms with Crippen molar-refractivity contribution in [2.24, 2.45) is 0 Å². The second kappa shape index (κ2) is 4.30. The van der Waals surface area contributed by atoms with E-state index in [2.05, 4.69) is 4.98 Å². The van der Waals surface area contributed by atoms with Gasteiger partial charge in [-0.05, 0) is 24.5 Å². The summed E-state index contributed by atoms with van der Waals surface area (Å²) in [6.07, 6.45) is -1.55. The minimum atomic E-state index is -2.47. The molecular formula is C10H13F2N. The number of halogens is 2. The summed E-state index contributed by atoms with van der Waals surface area (Å²) >= 11 is 0. The van der Waals surface area contributed by atoms with Gasteiger partial charge in [0.2, 0.25) is 0 Å². The van der Waals surface area contributed by atoms with E-state index in [4.69, 9.17) is 0 Å². The Morgan fingerprint density at radius 2 is 1.92 bits per heavy atom. The maximum Gasteiger partial charge on any atom is 0.280 e. The first-order valence-corrected chi connectivity index (χ1v) is 4.40. The van der Waals surface area contributed by atoms with Crippen LogP contribution in [0.15, 0.2) is 18.2 Å². The van der Waals surface area contributed by atoms with Crippen LogP contribution < -0.4 is 0 Å². The van der Waals surface area contributed by atoms with Crippen LogP contribution in [0.2, 0.25) is 0 Å². The van der Waals surface area contributed by atoms with Gasteiger partial charge in [-0.25, -0.2) is 8.78 Å². The molecular weight excluding hydrogens is 172 g/mol. The lowest BCUT2D eigenvalue weighted by Gasteiger charge is -2.08. The zero-order valence-electron chi connectivity index (χ0n) is 7.80. The molecule has 0 N–H and O–H groups in total. The summed E-state index contributed by atoms with van der Waals surface area (Å²) in [5, 5.41) is 0. The summed E-state index contributed by atoms with van der Waals surface area (Å²) in [4.78, 5) is 3.89.